The monoisotopic (exact) mass is 363 g/mol. The maximum absolute atomic E-state index is 11.9. The third-order valence-corrected chi connectivity index (χ3v) is 3.84. The zero-order chi connectivity index (χ0) is 19.8. The Hall–Kier alpha value is -3.11. The zero-order valence-corrected chi connectivity index (χ0v) is 15.9. The molecule has 0 aliphatic carbocycles. The van der Waals surface area contributed by atoms with Crippen LogP contribution in [0.15, 0.2) is 66.5 Å². The van der Waals surface area contributed by atoms with Gasteiger partial charge in [-0.25, -0.2) is 0 Å². The van der Waals surface area contributed by atoms with Crippen molar-refractivity contribution in [3.63, 3.8) is 0 Å². The van der Waals surface area contributed by atoms with Gasteiger partial charge in [-0.3, -0.25) is 4.79 Å². The second-order valence-electron chi connectivity index (χ2n) is 6.67. The molecule has 0 amide bonds. The number of carbonyl (C=O) groups is 1. The van der Waals surface area contributed by atoms with Gasteiger partial charge in [-0.2, -0.15) is 0 Å². The highest BCUT2D eigenvalue weighted by Gasteiger charge is 2.03. The van der Waals surface area contributed by atoms with Crippen molar-refractivity contribution < 1.29 is 15.0 Å². The minimum atomic E-state index is -0.295. The molecular formula is C23H25NO3. The van der Waals surface area contributed by atoms with E-state index in [1.807, 2.05) is 56.3 Å². The van der Waals surface area contributed by atoms with E-state index in [9.17, 15) is 15.0 Å². The third kappa shape index (κ3) is 6.96. The van der Waals surface area contributed by atoms with Crippen LogP contribution in [0, 0.1) is 6.92 Å². The first kappa shape index (κ1) is 20.2. The van der Waals surface area contributed by atoms with Crippen molar-refractivity contribution in [2.75, 3.05) is 14.1 Å². The quantitative estimate of drug-likeness (QED) is 0.432. The van der Waals surface area contributed by atoms with Crippen LogP contribution in [0.2, 0.25) is 0 Å². The van der Waals surface area contributed by atoms with Crippen LogP contribution in [0.5, 0.6) is 5.75 Å². The maximum atomic E-state index is 11.9. The summed E-state index contributed by atoms with van der Waals surface area (Å²) in [6.45, 7) is 2.61. The third-order valence-electron chi connectivity index (χ3n) is 3.84. The first-order valence-electron chi connectivity index (χ1n) is 8.67. The summed E-state index contributed by atoms with van der Waals surface area (Å²) in [6.07, 6.45) is 7.46. The average Bonchev–Trinajstić information content (AvgIpc) is 2.61. The summed E-state index contributed by atoms with van der Waals surface area (Å²) in [4.78, 5) is 13.9. The Bertz CT molecular complexity index is 875. The van der Waals surface area contributed by atoms with E-state index < -0.39 is 0 Å². The number of phenolic OH excluding ortho intramolecular Hbond substituents is 1. The van der Waals surface area contributed by atoms with Gasteiger partial charge < -0.3 is 15.1 Å². The van der Waals surface area contributed by atoms with Crippen molar-refractivity contribution in [2.45, 2.75) is 13.5 Å². The number of hydrogen-bond donors (Lipinski definition) is 2. The van der Waals surface area contributed by atoms with Crippen LogP contribution >= 0.6 is 0 Å². The summed E-state index contributed by atoms with van der Waals surface area (Å²) < 4.78 is 0. The molecule has 0 aliphatic heterocycles. The van der Waals surface area contributed by atoms with E-state index in [-0.39, 0.29) is 17.3 Å². The highest BCUT2D eigenvalue weighted by molar-refractivity contribution is 6.02. The first-order valence-corrected chi connectivity index (χ1v) is 8.67. The minimum Gasteiger partial charge on any atom is -0.508 e. The molecule has 2 aromatic carbocycles. The number of rotatable bonds is 7. The molecule has 0 heterocycles. The Balaban J connectivity index is 2.03. The fraction of sp³-hybridized carbons (Fsp3) is 0.174. The van der Waals surface area contributed by atoms with E-state index in [0.717, 1.165) is 22.3 Å². The van der Waals surface area contributed by atoms with Crippen molar-refractivity contribution in [1.29, 1.82) is 0 Å². The molecule has 0 bridgehead atoms. The lowest BCUT2D eigenvalue weighted by atomic mass is 10.1. The fourth-order valence-corrected chi connectivity index (χ4v) is 2.46. The van der Waals surface area contributed by atoms with E-state index >= 15 is 0 Å². The normalized spacial score (nSPS) is 12.4. The number of carbonyl (C=O) groups excluding carboxylic acids is 1. The van der Waals surface area contributed by atoms with Gasteiger partial charge >= 0.3 is 0 Å². The SMILES string of the molecule is Cc1ccc(/C=C/C(=O)/C=C(O)/C=C/c2ccc(O)c(CN(C)C)c2)cc1. The molecule has 2 rings (SSSR count). The van der Waals surface area contributed by atoms with Crippen molar-refractivity contribution in [3.05, 3.63) is 88.7 Å². The summed E-state index contributed by atoms with van der Waals surface area (Å²) in [5.74, 6) is -0.190. The molecule has 4 nitrogen and oxygen atoms in total. The van der Waals surface area contributed by atoms with Gasteiger partial charge in [0.2, 0.25) is 0 Å². The van der Waals surface area contributed by atoms with Crippen molar-refractivity contribution in [2.24, 2.45) is 0 Å². The summed E-state index contributed by atoms with van der Waals surface area (Å²) in [6, 6.07) is 13.0. The van der Waals surface area contributed by atoms with Crippen molar-refractivity contribution in [1.82, 2.24) is 4.90 Å². The number of ketones is 1. The number of aromatic hydroxyl groups is 1. The predicted octanol–water partition coefficient (Wildman–Crippen LogP) is 4.50. The fourth-order valence-electron chi connectivity index (χ4n) is 2.46. The lowest BCUT2D eigenvalue weighted by molar-refractivity contribution is -0.110. The van der Waals surface area contributed by atoms with E-state index in [2.05, 4.69) is 0 Å². The topological polar surface area (TPSA) is 60.8 Å². The van der Waals surface area contributed by atoms with Crippen LogP contribution in [-0.4, -0.2) is 35.0 Å². The number of aliphatic hydroxyl groups excluding tert-OH is 1. The summed E-state index contributed by atoms with van der Waals surface area (Å²) in [5.41, 5.74) is 3.70. The molecule has 0 radical (unpaired) electrons. The van der Waals surface area contributed by atoms with Crippen molar-refractivity contribution >= 4 is 17.9 Å². The number of allylic oxidation sites excluding steroid dienone is 3. The zero-order valence-electron chi connectivity index (χ0n) is 15.9. The molecule has 140 valence electrons. The van der Waals surface area contributed by atoms with Crippen LogP contribution in [0.1, 0.15) is 22.3 Å². The van der Waals surface area contributed by atoms with Gasteiger partial charge in [0.05, 0.1) is 0 Å². The van der Waals surface area contributed by atoms with Gasteiger partial charge in [-0.1, -0.05) is 48.0 Å². The molecule has 0 fully saturated rings. The highest BCUT2D eigenvalue weighted by Crippen LogP contribution is 2.20. The Morgan fingerprint density at radius 3 is 2.30 bits per heavy atom. The highest BCUT2D eigenvalue weighted by atomic mass is 16.3. The number of hydrogen-bond acceptors (Lipinski definition) is 4. The molecule has 0 saturated heterocycles. The number of nitrogens with zero attached hydrogens (tertiary/aromatic N) is 1. The number of aliphatic hydroxyl groups is 1. The first-order chi connectivity index (χ1) is 12.8. The Morgan fingerprint density at radius 1 is 1.00 bits per heavy atom. The Labute approximate surface area is 160 Å². The van der Waals surface area contributed by atoms with Crippen LogP contribution in [0.4, 0.5) is 0 Å². The van der Waals surface area contributed by atoms with Gasteiger partial charge in [-0.05, 0) is 56.4 Å². The predicted molar refractivity (Wildman–Crippen MR) is 110 cm³/mol. The molecular weight excluding hydrogens is 338 g/mol. The van der Waals surface area contributed by atoms with E-state index in [0.29, 0.717) is 6.54 Å². The smallest absolute Gasteiger partial charge is 0.182 e. The second kappa shape index (κ2) is 9.55. The maximum Gasteiger partial charge on any atom is 0.182 e. The van der Waals surface area contributed by atoms with Crippen LogP contribution in [0.25, 0.3) is 12.2 Å². The largest absolute Gasteiger partial charge is 0.508 e. The van der Waals surface area contributed by atoms with E-state index in [4.69, 9.17) is 0 Å². The lowest BCUT2D eigenvalue weighted by Crippen LogP contribution is -2.10. The van der Waals surface area contributed by atoms with Gasteiger partial charge in [0.15, 0.2) is 5.78 Å². The minimum absolute atomic E-state index is 0.129. The van der Waals surface area contributed by atoms with Gasteiger partial charge in [0.25, 0.3) is 0 Å². The molecule has 2 aromatic rings. The molecule has 0 unspecified atom stereocenters. The van der Waals surface area contributed by atoms with E-state index in [1.165, 1.54) is 18.2 Å². The summed E-state index contributed by atoms with van der Waals surface area (Å²) in [7, 11) is 3.85. The molecule has 0 saturated carbocycles. The Kier molecular flexibility index (Phi) is 7.15. The van der Waals surface area contributed by atoms with Crippen LogP contribution in [0.3, 0.4) is 0 Å². The molecule has 27 heavy (non-hydrogen) atoms. The second-order valence-corrected chi connectivity index (χ2v) is 6.67. The number of phenols is 1. The Morgan fingerprint density at radius 2 is 1.63 bits per heavy atom. The molecule has 2 N–H and O–H groups in total. The lowest BCUT2D eigenvalue weighted by Gasteiger charge is -2.11. The van der Waals surface area contributed by atoms with Gasteiger partial charge in [-0.15, -0.1) is 0 Å². The van der Waals surface area contributed by atoms with Gasteiger partial charge in [0, 0.05) is 18.2 Å². The molecule has 4 heteroatoms. The average molecular weight is 363 g/mol. The number of aryl methyl sites for hydroxylation is 1. The number of benzene rings is 2. The van der Waals surface area contributed by atoms with E-state index in [1.54, 1.807) is 24.3 Å². The summed E-state index contributed by atoms with van der Waals surface area (Å²) in [5, 5.41) is 19.8. The molecule has 0 aromatic heterocycles. The molecule has 0 spiro atoms. The van der Waals surface area contributed by atoms with Crippen molar-refractivity contribution in [3.8, 4) is 5.75 Å². The van der Waals surface area contributed by atoms with Crippen LogP contribution < -0.4 is 0 Å². The molecule has 0 aliphatic rings. The molecule has 0 atom stereocenters. The summed E-state index contributed by atoms with van der Waals surface area (Å²) >= 11 is 0. The standard InChI is InChI=1S/C23H25NO3/c1-17-4-6-18(7-5-17)8-11-21(25)15-22(26)12-9-19-10-13-23(27)20(14-19)16-24(2)3/h4-15,26-27H,16H2,1-3H3/b11-8+,12-9+,22-15-. The van der Waals surface area contributed by atoms with Crippen LogP contribution in [-0.2, 0) is 11.3 Å². The van der Waals surface area contributed by atoms with Gasteiger partial charge in [0.1, 0.15) is 11.5 Å².